The largest absolute Gasteiger partial charge is 0.343 e. The van der Waals surface area contributed by atoms with Crippen LogP contribution in [0.1, 0.15) is 32.6 Å². The van der Waals surface area contributed by atoms with Crippen molar-refractivity contribution in [3.8, 4) is 0 Å². The fourth-order valence-electron chi connectivity index (χ4n) is 1.06. The van der Waals surface area contributed by atoms with Gasteiger partial charge in [0.05, 0.1) is 0 Å². The van der Waals surface area contributed by atoms with Crippen molar-refractivity contribution in [2.75, 3.05) is 7.05 Å². The second-order valence-electron chi connectivity index (χ2n) is 2.99. The molecule has 0 aliphatic heterocycles. The molecule has 0 heterocycles. The third-order valence-corrected chi connectivity index (χ3v) is 1.95. The third-order valence-electron chi connectivity index (χ3n) is 1.95. The summed E-state index contributed by atoms with van der Waals surface area (Å²) in [6, 6.07) is 0.582. The lowest BCUT2D eigenvalue weighted by molar-refractivity contribution is -0.130. The van der Waals surface area contributed by atoms with E-state index < -0.39 is 0 Å². The Balaban J connectivity index is 2.24. The zero-order chi connectivity index (χ0) is 7.56. The van der Waals surface area contributed by atoms with E-state index in [2.05, 4.69) is 0 Å². The smallest absolute Gasteiger partial charge is 0.222 e. The Labute approximate surface area is 62.2 Å². The van der Waals surface area contributed by atoms with Crippen molar-refractivity contribution in [2.24, 2.45) is 0 Å². The molecule has 0 bridgehead atoms. The molecule has 0 N–H and O–H groups in total. The van der Waals surface area contributed by atoms with Gasteiger partial charge in [-0.1, -0.05) is 6.92 Å². The van der Waals surface area contributed by atoms with Crippen molar-refractivity contribution in [3.63, 3.8) is 0 Å². The van der Waals surface area contributed by atoms with Gasteiger partial charge in [0.2, 0.25) is 5.91 Å². The average Bonchev–Trinajstić information content (AvgIpc) is 2.68. The summed E-state index contributed by atoms with van der Waals surface area (Å²) in [6.45, 7) is 2.04. The molecule has 1 aliphatic carbocycles. The summed E-state index contributed by atoms with van der Waals surface area (Å²) in [7, 11) is 1.91. The first-order valence-electron chi connectivity index (χ1n) is 4.01. The highest BCUT2D eigenvalue weighted by atomic mass is 16.2. The van der Waals surface area contributed by atoms with E-state index in [1.165, 1.54) is 12.8 Å². The number of nitrogens with zero attached hydrogens (tertiary/aromatic N) is 1. The lowest BCUT2D eigenvalue weighted by Gasteiger charge is -2.14. The van der Waals surface area contributed by atoms with E-state index in [4.69, 9.17) is 0 Å². The molecule has 1 amide bonds. The van der Waals surface area contributed by atoms with Crippen molar-refractivity contribution < 1.29 is 4.79 Å². The highest BCUT2D eigenvalue weighted by Crippen LogP contribution is 2.25. The van der Waals surface area contributed by atoms with E-state index in [0.717, 1.165) is 6.42 Å². The fourth-order valence-corrected chi connectivity index (χ4v) is 1.06. The van der Waals surface area contributed by atoms with Crippen LogP contribution in [0.5, 0.6) is 0 Å². The summed E-state index contributed by atoms with van der Waals surface area (Å²) in [5.74, 6) is 0.310. The first-order chi connectivity index (χ1) is 4.75. The molecule has 58 valence electrons. The minimum Gasteiger partial charge on any atom is -0.343 e. The Bertz CT molecular complexity index is 129. The van der Waals surface area contributed by atoms with Crippen molar-refractivity contribution in [1.82, 2.24) is 4.90 Å². The van der Waals surface area contributed by atoms with Crippen LogP contribution in [0, 0.1) is 0 Å². The molecular weight excluding hydrogens is 126 g/mol. The Hall–Kier alpha value is -0.530. The molecule has 10 heavy (non-hydrogen) atoms. The highest BCUT2D eigenvalue weighted by molar-refractivity contribution is 5.76. The molecule has 0 aromatic heterocycles. The molecule has 0 radical (unpaired) electrons. The molecule has 0 spiro atoms. The second kappa shape index (κ2) is 3.04. The minimum atomic E-state index is 0.310. The number of rotatable bonds is 3. The monoisotopic (exact) mass is 141 g/mol. The van der Waals surface area contributed by atoms with Crippen molar-refractivity contribution in [2.45, 2.75) is 38.6 Å². The molecule has 1 fully saturated rings. The first-order valence-corrected chi connectivity index (χ1v) is 4.01. The van der Waals surface area contributed by atoms with Crippen LogP contribution in [0.3, 0.4) is 0 Å². The van der Waals surface area contributed by atoms with Gasteiger partial charge in [-0.05, 0) is 19.3 Å². The molecule has 1 aliphatic rings. The molecule has 0 atom stereocenters. The van der Waals surface area contributed by atoms with Crippen molar-refractivity contribution in [3.05, 3.63) is 0 Å². The predicted octanol–water partition coefficient (Wildman–Crippen LogP) is 1.41. The van der Waals surface area contributed by atoms with E-state index in [0.29, 0.717) is 18.4 Å². The zero-order valence-corrected chi connectivity index (χ0v) is 6.76. The Kier molecular flexibility index (Phi) is 2.30. The molecule has 0 unspecified atom stereocenters. The van der Waals surface area contributed by atoms with Crippen LogP contribution >= 0.6 is 0 Å². The number of amides is 1. The maximum Gasteiger partial charge on any atom is 0.222 e. The lowest BCUT2D eigenvalue weighted by atomic mass is 10.3. The van der Waals surface area contributed by atoms with Gasteiger partial charge in [-0.25, -0.2) is 0 Å². The van der Waals surface area contributed by atoms with Crippen LogP contribution in [0.2, 0.25) is 0 Å². The van der Waals surface area contributed by atoms with E-state index in [9.17, 15) is 4.79 Å². The topological polar surface area (TPSA) is 20.3 Å². The van der Waals surface area contributed by atoms with Gasteiger partial charge < -0.3 is 4.90 Å². The summed E-state index contributed by atoms with van der Waals surface area (Å²) < 4.78 is 0. The summed E-state index contributed by atoms with van der Waals surface area (Å²) in [6.07, 6.45) is 4.11. The second-order valence-corrected chi connectivity index (χ2v) is 2.99. The lowest BCUT2D eigenvalue weighted by Crippen LogP contribution is -2.28. The number of hydrogen-bond donors (Lipinski definition) is 0. The Morgan fingerprint density at radius 1 is 1.60 bits per heavy atom. The van der Waals surface area contributed by atoms with Gasteiger partial charge in [-0.15, -0.1) is 0 Å². The number of hydrogen-bond acceptors (Lipinski definition) is 1. The van der Waals surface area contributed by atoms with Crippen LogP contribution in [0.4, 0.5) is 0 Å². The van der Waals surface area contributed by atoms with Gasteiger partial charge >= 0.3 is 0 Å². The summed E-state index contributed by atoms with van der Waals surface area (Å²) in [5.41, 5.74) is 0. The van der Waals surface area contributed by atoms with Crippen LogP contribution < -0.4 is 0 Å². The first kappa shape index (κ1) is 7.58. The zero-order valence-electron chi connectivity index (χ0n) is 6.76. The molecule has 1 saturated carbocycles. The SMILES string of the molecule is CCCC(=O)N(C)C1CC1. The van der Waals surface area contributed by atoms with E-state index in [-0.39, 0.29) is 0 Å². The van der Waals surface area contributed by atoms with E-state index in [1.54, 1.807) is 0 Å². The fraction of sp³-hybridized carbons (Fsp3) is 0.875. The standard InChI is InChI=1S/C8H15NO/c1-3-4-8(10)9(2)7-5-6-7/h7H,3-6H2,1-2H3. The van der Waals surface area contributed by atoms with Gasteiger partial charge in [0.25, 0.3) is 0 Å². The normalized spacial score (nSPS) is 17.0. The maximum atomic E-state index is 11.2. The molecule has 2 nitrogen and oxygen atoms in total. The van der Waals surface area contributed by atoms with Gasteiger partial charge in [0, 0.05) is 19.5 Å². The quantitative estimate of drug-likeness (QED) is 0.582. The van der Waals surface area contributed by atoms with Gasteiger partial charge in [-0.3, -0.25) is 4.79 Å². The van der Waals surface area contributed by atoms with Gasteiger partial charge in [0.1, 0.15) is 0 Å². The van der Waals surface area contributed by atoms with Crippen molar-refractivity contribution >= 4 is 5.91 Å². The summed E-state index contributed by atoms with van der Waals surface area (Å²) >= 11 is 0. The van der Waals surface area contributed by atoms with Crippen LogP contribution in [0.25, 0.3) is 0 Å². The number of carbonyl (C=O) groups is 1. The summed E-state index contributed by atoms with van der Waals surface area (Å²) in [4.78, 5) is 13.0. The van der Waals surface area contributed by atoms with E-state index in [1.807, 2.05) is 18.9 Å². The molecule has 2 heteroatoms. The predicted molar refractivity (Wildman–Crippen MR) is 40.7 cm³/mol. The van der Waals surface area contributed by atoms with Crippen LogP contribution in [0.15, 0.2) is 0 Å². The molecule has 0 aromatic rings. The summed E-state index contributed by atoms with van der Waals surface area (Å²) in [5, 5.41) is 0. The molecule has 0 saturated heterocycles. The minimum absolute atomic E-state index is 0.310. The Morgan fingerprint density at radius 2 is 2.20 bits per heavy atom. The van der Waals surface area contributed by atoms with Crippen molar-refractivity contribution in [1.29, 1.82) is 0 Å². The van der Waals surface area contributed by atoms with Gasteiger partial charge in [0.15, 0.2) is 0 Å². The number of carbonyl (C=O) groups excluding carboxylic acids is 1. The van der Waals surface area contributed by atoms with E-state index >= 15 is 0 Å². The molecule has 0 aromatic carbocycles. The average molecular weight is 141 g/mol. The van der Waals surface area contributed by atoms with Gasteiger partial charge in [-0.2, -0.15) is 0 Å². The van der Waals surface area contributed by atoms with Crippen LogP contribution in [-0.4, -0.2) is 23.9 Å². The van der Waals surface area contributed by atoms with Crippen LogP contribution in [-0.2, 0) is 4.79 Å². The highest BCUT2D eigenvalue weighted by Gasteiger charge is 2.28. The Morgan fingerprint density at radius 3 is 2.60 bits per heavy atom. The molecule has 1 rings (SSSR count). The molecular formula is C8H15NO. The maximum absolute atomic E-state index is 11.2. The third kappa shape index (κ3) is 1.72.